The number of pyridine rings is 1. The molecule has 0 bridgehead atoms. The summed E-state index contributed by atoms with van der Waals surface area (Å²) in [6.07, 6.45) is 8.69. The maximum absolute atomic E-state index is 12.4. The van der Waals surface area contributed by atoms with Gasteiger partial charge in [-0.1, -0.05) is 19.3 Å². The molecule has 2 aliphatic rings. The summed E-state index contributed by atoms with van der Waals surface area (Å²) in [5.74, 6) is 1.82. The maximum atomic E-state index is 12.4. The van der Waals surface area contributed by atoms with E-state index in [9.17, 15) is 4.79 Å². The van der Waals surface area contributed by atoms with Crippen LogP contribution in [0, 0.1) is 17.2 Å². The van der Waals surface area contributed by atoms with E-state index in [2.05, 4.69) is 16.0 Å². The second-order valence-electron chi connectivity index (χ2n) is 6.59. The molecule has 2 fully saturated rings. The number of carbonyl (C=O) groups excluding carboxylic acids is 1. The minimum atomic E-state index is 0.323. The van der Waals surface area contributed by atoms with E-state index in [1.165, 1.54) is 32.1 Å². The van der Waals surface area contributed by atoms with E-state index in [1.807, 2.05) is 11.0 Å². The molecule has 1 aromatic heterocycles. The van der Waals surface area contributed by atoms with E-state index in [4.69, 9.17) is 5.26 Å². The molecular weight excluding hydrogens is 288 g/mol. The second kappa shape index (κ2) is 7.45. The molecule has 0 atom stereocenters. The van der Waals surface area contributed by atoms with Crippen LogP contribution in [0.2, 0.25) is 0 Å². The smallest absolute Gasteiger partial charge is 0.222 e. The molecule has 1 aliphatic heterocycles. The molecule has 2 heterocycles. The van der Waals surface area contributed by atoms with E-state index < -0.39 is 0 Å². The Hall–Kier alpha value is -2.09. The highest BCUT2D eigenvalue weighted by Gasteiger charge is 2.24. The summed E-state index contributed by atoms with van der Waals surface area (Å²) in [6, 6.07) is 5.77. The molecule has 3 rings (SSSR count). The summed E-state index contributed by atoms with van der Waals surface area (Å²) in [5.41, 5.74) is 0.579. The lowest BCUT2D eigenvalue weighted by atomic mass is 9.86. The van der Waals surface area contributed by atoms with Gasteiger partial charge in [0, 0.05) is 38.8 Å². The second-order valence-corrected chi connectivity index (χ2v) is 6.59. The molecule has 1 aliphatic carbocycles. The highest BCUT2D eigenvalue weighted by molar-refractivity contribution is 5.76. The number of anilines is 1. The Morgan fingerprint density at radius 1 is 1.17 bits per heavy atom. The van der Waals surface area contributed by atoms with Crippen LogP contribution >= 0.6 is 0 Å². The molecule has 0 unspecified atom stereocenters. The predicted molar refractivity (Wildman–Crippen MR) is 88.9 cm³/mol. The average Bonchev–Trinajstić information content (AvgIpc) is 2.63. The molecular formula is C18H24N4O. The molecule has 1 amide bonds. The fourth-order valence-corrected chi connectivity index (χ4v) is 3.59. The summed E-state index contributed by atoms with van der Waals surface area (Å²) < 4.78 is 0. The van der Waals surface area contributed by atoms with Gasteiger partial charge in [0.05, 0.1) is 5.56 Å². The van der Waals surface area contributed by atoms with Crippen LogP contribution in [-0.4, -0.2) is 42.0 Å². The van der Waals surface area contributed by atoms with Gasteiger partial charge in [0.1, 0.15) is 11.9 Å². The molecule has 122 valence electrons. The van der Waals surface area contributed by atoms with Crippen LogP contribution in [0.1, 0.15) is 44.1 Å². The van der Waals surface area contributed by atoms with Crippen LogP contribution in [0.5, 0.6) is 0 Å². The van der Waals surface area contributed by atoms with Crippen molar-refractivity contribution in [3.05, 3.63) is 23.9 Å². The van der Waals surface area contributed by atoms with Crippen LogP contribution in [0.15, 0.2) is 18.3 Å². The highest BCUT2D eigenvalue weighted by Crippen LogP contribution is 2.27. The first-order chi connectivity index (χ1) is 11.3. The van der Waals surface area contributed by atoms with Crippen molar-refractivity contribution >= 4 is 11.7 Å². The zero-order chi connectivity index (χ0) is 16.1. The number of amides is 1. The molecule has 23 heavy (non-hydrogen) atoms. The SMILES string of the molecule is N#Cc1ccc(N2CCN(C(=O)CC3CCCCC3)CC2)nc1. The first kappa shape index (κ1) is 15.8. The molecule has 5 heteroatoms. The molecule has 1 saturated heterocycles. The number of hydrogen-bond donors (Lipinski definition) is 0. The fraction of sp³-hybridized carbons (Fsp3) is 0.611. The van der Waals surface area contributed by atoms with Gasteiger partial charge in [-0.2, -0.15) is 5.26 Å². The van der Waals surface area contributed by atoms with Crippen molar-refractivity contribution in [3.63, 3.8) is 0 Å². The number of hydrogen-bond acceptors (Lipinski definition) is 4. The molecule has 1 aromatic rings. The average molecular weight is 312 g/mol. The molecule has 0 N–H and O–H groups in total. The van der Waals surface area contributed by atoms with Crippen LogP contribution in [0.25, 0.3) is 0 Å². The number of nitriles is 1. The van der Waals surface area contributed by atoms with Crippen molar-refractivity contribution in [1.82, 2.24) is 9.88 Å². The Morgan fingerprint density at radius 2 is 1.91 bits per heavy atom. The van der Waals surface area contributed by atoms with Crippen molar-refractivity contribution in [2.24, 2.45) is 5.92 Å². The Kier molecular flexibility index (Phi) is 5.12. The van der Waals surface area contributed by atoms with Crippen molar-refractivity contribution in [2.45, 2.75) is 38.5 Å². The summed E-state index contributed by atoms with van der Waals surface area (Å²) in [5, 5.41) is 8.82. The molecule has 5 nitrogen and oxygen atoms in total. The number of rotatable bonds is 3. The minimum absolute atomic E-state index is 0.323. The van der Waals surface area contributed by atoms with Crippen LogP contribution < -0.4 is 4.90 Å². The maximum Gasteiger partial charge on any atom is 0.222 e. The summed E-state index contributed by atoms with van der Waals surface area (Å²) >= 11 is 0. The van der Waals surface area contributed by atoms with Gasteiger partial charge in [0.15, 0.2) is 0 Å². The first-order valence-corrected chi connectivity index (χ1v) is 8.65. The third kappa shape index (κ3) is 4.01. The largest absolute Gasteiger partial charge is 0.353 e. The van der Waals surface area contributed by atoms with Crippen LogP contribution in [0.4, 0.5) is 5.82 Å². The van der Waals surface area contributed by atoms with Crippen LogP contribution in [-0.2, 0) is 4.79 Å². The lowest BCUT2D eigenvalue weighted by Crippen LogP contribution is -2.49. The zero-order valence-electron chi connectivity index (χ0n) is 13.6. The van der Waals surface area contributed by atoms with Gasteiger partial charge in [-0.05, 0) is 30.9 Å². The van der Waals surface area contributed by atoms with E-state index >= 15 is 0 Å². The van der Waals surface area contributed by atoms with Gasteiger partial charge >= 0.3 is 0 Å². The number of aromatic nitrogens is 1. The Morgan fingerprint density at radius 3 is 2.52 bits per heavy atom. The number of nitrogens with zero attached hydrogens (tertiary/aromatic N) is 4. The normalized spacial score (nSPS) is 19.4. The Bertz CT molecular complexity index is 564. The molecule has 0 radical (unpaired) electrons. The predicted octanol–water partition coefficient (Wildman–Crippen LogP) is 2.57. The van der Waals surface area contributed by atoms with Crippen molar-refractivity contribution in [2.75, 3.05) is 31.1 Å². The highest BCUT2D eigenvalue weighted by atomic mass is 16.2. The third-order valence-electron chi connectivity index (χ3n) is 5.02. The zero-order valence-corrected chi connectivity index (χ0v) is 13.6. The first-order valence-electron chi connectivity index (χ1n) is 8.65. The van der Waals surface area contributed by atoms with Crippen LogP contribution in [0.3, 0.4) is 0 Å². The topological polar surface area (TPSA) is 60.2 Å². The summed E-state index contributed by atoms with van der Waals surface area (Å²) in [4.78, 5) is 21.0. The lowest BCUT2D eigenvalue weighted by Gasteiger charge is -2.36. The molecule has 0 spiro atoms. The van der Waals surface area contributed by atoms with Gasteiger partial charge in [-0.3, -0.25) is 4.79 Å². The number of piperazine rings is 1. The van der Waals surface area contributed by atoms with Gasteiger partial charge in [-0.15, -0.1) is 0 Å². The van der Waals surface area contributed by atoms with Crippen molar-refractivity contribution in [3.8, 4) is 6.07 Å². The lowest BCUT2D eigenvalue weighted by molar-refractivity contribution is -0.132. The van der Waals surface area contributed by atoms with Crippen molar-refractivity contribution in [1.29, 1.82) is 5.26 Å². The fourth-order valence-electron chi connectivity index (χ4n) is 3.59. The Balaban J connectivity index is 1.49. The Labute approximate surface area is 137 Å². The van der Waals surface area contributed by atoms with E-state index in [-0.39, 0.29) is 0 Å². The van der Waals surface area contributed by atoms with Gasteiger partial charge in [0.25, 0.3) is 0 Å². The molecule has 0 aromatic carbocycles. The van der Waals surface area contributed by atoms with Crippen molar-refractivity contribution < 1.29 is 4.79 Å². The standard InChI is InChI=1S/C18H24N4O/c19-13-16-6-7-17(20-14-16)21-8-10-22(11-9-21)18(23)12-15-4-2-1-3-5-15/h6-7,14-15H,1-5,8-12H2. The molecule has 1 saturated carbocycles. The summed E-state index contributed by atoms with van der Waals surface area (Å²) in [6.45, 7) is 3.17. The quantitative estimate of drug-likeness (QED) is 0.860. The van der Waals surface area contributed by atoms with E-state index in [1.54, 1.807) is 12.3 Å². The third-order valence-corrected chi connectivity index (χ3v) is 5.02. The van der Waals surface area contributed by atoms with Gasteiger partial charge in [-0.25, -0.2) is 4.98 Å². The van der Waals surface area contributed by atoms with Gasteiger partial charge in [0.2, 0.25) is 5.91 Å². The van der Waals surface area contributed by atoms with E-state index in [0.29, 0.717) is 17.4 Å². The van der Waals surface area contributed by atoms with Gasteiger partial charge < -0.3 is 9.80 Å². The minimum Gasteiger partial charge on any atom is -0.353 e. The number of carbonyl (C=O) groups is 1. The summed E-state index contributed by atoms with van der Waals surface area (Å²) in [7, 11) is 0. The van der Waals surface area contributed by atoms with E-state index in [0.717, 1.165) is 38.4 Å². The monoisotopic (exact) mass is 312 g/mol.